The number of anilines is 1. The van der Waals surface area contributed by atoms with Crippen molar-refractivity contribution in [2.45, 2.75) is 23.6 Å². The van der Waals surface area contributed by atoms with Gasteiger partial charge in [0, 0.05) is 34.6 Å². The summed E-state index contributed by atoms with van der Waals surface area (Å²) in [6.07, 6.45) is 0. The summed E-state index contributed by atoms with van der Waals surface area (Å²) < 4.78 is 0. The number of benzene rings is 2. The summed E-state index contributed by atoms with van der Waals surface area (Å²) in [6, 6.07) is 14.6. The summed E-state index contributed by atoms with van der Waals surface area (Å²) >= 11 is 1.36. The topological polar surface area (TPSA) is 70.2 Å². The molecule has 0 aliphatic carbocycles. The number of nitro groups is 1. The normalized spacial score (nSPS) is 10.1. The van der Waals surface area contributed by atoms with Crippen molar-refractivity contribution in [2.24, 2.45) is 0 Å². The third-order valence-corrected chi connectivity index (χ3v) is 4.57. The van der Waals surface area contributed by atoms with Crippen molar-refractivity contribution in [1.29, 1.82) is 5.26 Å². The molecule has 0 aliphatic heterocycles. The molecule has 0 heterocycles. The second-order valence-corrected chi connectivity index (χ2v) is 5.90. The Hall–Kier alpha value is -2.52. The average Bonchev–Trinajstić information content (AvgIpc) is 2.57. The van der Waals surface area contributed by atoms with E-state index >= 15 is 0 Å². The van der Waals surface area contributed by atoms with Crippen LogP contribution in [0.4, 0.5) is 11.4 Å². The smallest absolute Gasteiger partial charge is 0.288 e. The van der Waals surface area contributed by atoms with Crippen LogP contribution in [-0.2, 0) is 0 Å². The average molecular weight is 327 g/mol. The van der Waals surface area contributed by atoms with Crippen LogP contribution in [0.5, 0.6) is 0 Å². The number of nitrogens with zero attached hydrogens (tertiary/aromatic N) is 3. The van der Waals surface area contributed by atoms with E-state index in [2.05, 4.69) is 18.7 Å². The first kappa shape index (κ1) is 16.8. The molecular weight excluding hydrogens is 310 g/mol. The van der Waals surface area contributed by atoms with Crippen LogP contribution in [0.3, 0.4) is 0 Å². The Morgan fingerprint density at radius 2 is 1.83 bits per heavy atom. The fourth-order valence-electron chi connectivity index (χ4n) is 2.31. The number of hydrogen-bond acceptors (Lipinski definition) is 5. The van der Waals surface area contributed by atoms with Crippen LogP contribution >= 0.6 is 11.8 Å². The Kier molecular flexibility index (Phi) is 5.61. The van der Waals surface area contributed by atoms with Crippen LogP contribution in [0.2, 0.25) is 0 Å². The van der Waals surface area contributed by atoms with E-state index in [-0.39, 0.29) is 11.3 Å². The number of nitriles is 1. The van der Waals surface area contributed by atoms with Crippen molar-refractivity contribution in [2.75, 3.05) is 18.0 Å². The molecule has 2 aromatic rings. The number of nitro benzene ring substituents is 1. The van der Waals surface area contributed by atoms with Gasteiger partial charge in [-0.2, -0.15) is 5.26 Å². The highest BCUT2D eigenvalue weighted by Crippen LogP contribution is 2.35. The van der Waals surface area contributed by atoms with E-state index in [1.807, 2.05) is 30.3 Å². The Labute approximate surface area is 139 Å². The van der Waals surface area contributed by atoms with Crippen molar-refractivity contribution in [1.82, 2.24) is 0 Å². The van der Waals surface area contributed by atoms with Crippen LogP contribution in [-0.4, -0.2) is 18.0 Å². The molecule has 6 heteroatoms. The lowest BCUT2D eigenvalue weighted by molar-refractivity contribution is -0.385. The molecule has 118 valence electrons. The van der Waals surface area contributed by atoms with E-state index in [0.717, 1.165) is 23.7 Å². The molecule has 23 heavy (non-hydrogen) atoms. The van der Waals surface area contributed by atoms with Gasteiger partial charge in [0.05, 0.1) is 4.92 Å². The molecule has 2 rings (SSSR count). The Morgan fingerprint density at radius 1 is 1.17 bits per heavy atom. The van der Waals surface area contributed by atoms with E-state index in [1.54, 1.807) is 12.1 Å². The molecule has 0 bridgehead atoms. The maximum Gasteiger partial charge on any atom is 0.288 e. The largest absolute Gasteiger partial charge is 0.372 e. The van der Waals surface area contributed by atoms with Gasteiger partial charge in [0.1, 0.15) is 11.6 Å². The Bertz CT molecular complexity index is 734. The van der Waals surface area contributed by atoms with Gasteiger partial charge in [-0.1, -0.05) is 17.8 Å². The first-order chi connectivity index (χ1) is 11.1. The van der Waals surface area contributed by atoms with E-state index in [1.165, 1.54) is 17.8 Å². The van der Waals surface area contributed by atoms with Crippen LogP contribution in [0.25, 0.3) is 0 Å². The zero-order chi connectivity index (χ0) is 16.8. The SMILES string of the molecule is CCN(CC)c1ccc(Sc2cccc([N+](=O)[O-])c2C#N)cc1. The van der Waals surface area contributed by atoms with E-state index in [0.29, 0.717) is 4.90 Å². The highest BCUT2D eigenvalue weighted by atomic mass is 32.2. The van der Waals surface area contributed by atoms with Gasteiger partial charge in [0.25, 0.3) is 5.69 Å². The monoisotopic (exact) mass is 327 g/mol. The fourth-order valence-corrected chi connectivity index (χ4v) is 3.23. The minimum atomic E-state index is -0.522. The second-order valence-electron chi connectivity index (χ2n) is 4.79. The van der Waals surface area contributed by atoms with Crippen LogP contribution in [0, 0.1) is 21.4 Å². The first-order valence-electron chi connectivity index (χ1n) is 7.31. The minimum absolute atomic E-state index is 0.107. The quantitative estimate of drug-likeness (QED) is 0.578. The molecule has 0 saturated heterocycles. The van der Waals surface area contributed by atoms with Gasteiger partial charge in [0.15, 0.2) is 0 Å². The molecule has 0 radical (unpaired) electrons. The summed E-state index contributed by atoms with van der Waals surface area (Å²) in [7, 11) is 0. The van der Waals surface area contributed by atoms with Crippen LogP contribution in [0.15, 0.2) is 52.3 Å². The van der Waals surface area contributed by atoms with E-state index in [4.69, 9.17) is 0 Å². The summed E-state index contributed by atoms with van der Waals surface area (Å²) in [4.78, 5) is 14.3. The van der Waals surface area contributed by atoms with Gasteiger partial charge in [-0.05, 0) is 44.2 Å². The molecule has 0 saturated carbocycles. The lowest BCUT2D eigenvalue weighted by Crippen LogP contribution is -2.21. The summed E-state index contributed by atoms with van der Waals surface area (Å²) in [5.74, 6) is 0. The van der Waals surface area contributed by atoms with Crippen LogP contribution in [0.1, 0.15) is 19.4 Å². The fraction of sp³-hybridized carbons (Fsp3) is 0.235. The predicted octanol–water partition coefficient (Wildman–Crippen LogP) is 4.46. The van der Waals surface area contributed by atoms with Crippen molar-refractivity contribution >= 4 is 23.1 Å². The number of rotatable bonds is 6. The van der Waals surface area contributed by atoms with Gasteiger partial charge >= 0.3 is 0 Å². The molecule has 0 fully saturated rings. The maximum atomic E-state index is 11.0. The molecule has 0 atom stereocenters. The molecule has 0 spiro atoms. The molecule has 0 amide bonds. The predicted molar refractivity (Wildman–Crippen MR) is 91.9 cm³/mol. The maximum absolute atomic E-state index is 11.0. The Balaban J connectivity index is 2.28. The molecule has 5 nitrogen and oxygen atoms in total. The van der Waals surface area contributed by atoms with Crippen molar-refractivity contribution in [3.05, 3.63) is 58.1 Å². The lowest BCUT2D eigenvalue weighted by Gasteiger charge is -2.21. The van der Waals surface area contributed by atoms with Gasteiger partial charge in [-0.3, -0.25) is 10.1 Å². The molecule has 0 aliphatic rings. The third kappa shape index (κ3) is 3.82. The molecule has 0 N–H and O–H groups in total. The standard InChI is InChI=1S/C17H17N3O2S/c1-3-19(4-2)13-8-10-14(11-9-13)23-17-7-5-6-16(20(21)22)15(17)12-18/h5-11H,3-4H2,1-2H3. The molecule has 2 aromatic carbocycles. The zero-order valence-electron chi connectivity index (χ0n) is 13.0. The van der Waals surface area contributed by atoms with E-state index in [9.17, 15) is 15.4 Å². The van der Waals surface area contributed by atoms with Crippen LogP contribution < -0.4 is 4.90 Å². The summed E-state index contributed by atoms with van der Waals surface area (Å²) in [5, 5.41) is 20.2. The molecule has 0 unspecified atom stereocenters. The van der Waals surface area contributed by atoms with Crippen molar-refractivity contribution < 1.29 is 4.92 Å². The molecular formula is C17H17N3O2S. The van der Waals surface area contributed by atoms with Gasteiger partial charge < -0.3 is 4.90 Å². The second kappa shape index (κ2) is 7.65. The number of hydrogen-bond donors (Lipinski definition) is 0. The molecule has 0 aromatic heterocycles. The van der Waals surface area contributed by atoms with Gasteiger partial charge in [-0.25, -0.2) is 0 Å². The summed E-state index contributed by atoms with van der Waals surface area (Å²) in [6.45, 7) is 6.09. The zero-order valence-corrected chi connectivity index (χ0v) is 13.8. The van der Waals surface area contributed by atoms with Crippen molar-refractivity contribution in [3.8, 4) is 6.07 Å². The lowest BCUT2D eigenvalue weighted by atomic mass is 10.2. The van der Waals surface area contributed by atoms with Gasteiger partial charge in [-0.15, -0.1) is 0 Å². The highest BCUT2D eigenvalue weighted by molar-refractivity contribution is 7.99. The third-order valence-electron chi connectivity index (χ3n) is 3.51. The highest BCUT2D eigenvalue weighted by Gasteiger charge is 2.17. The Morgan fingerprint density at radius 3 is 2.35 bits per heavy atom. The minimum Gasteiger partial charge on any atom is -0.372 e. The van der Waals surface area contributed by atoms with E-state index < -0.39 is 4.92 Å². The first-order valence-corrected chi connectivity index (χ1v) is 8.12. The van der Waals surface area contributed by atoms with Gasteiger partial charge in [0.2, 0.25) is 0 Å². The summed E-state index contributed by atoms with van der Waals surface area (Å²) in [5.41, 5.74) is 1.09. The van der Waals surface area contributed by atoms with Crippen molar-refractivity contribution in [3.63, 3.8) is 0 Å².